The first-order valence-electron chi connectivity index (χ1n) is 10.3. The largest absolute Gasteiger partial charge is 0.417 e. The van der Waals surface area contributed by atoms with Gasteiger partial charge in [0.05, 0.1) is 0 Å². The number of alkyl halides is 3. The van der Waals surface area contributed by atoms with Crippen molar-refractivity contribution in [3.63, 3.8) is 0 Å². The van der Waals surface area contributed by atoms with Gasteiger partial charge in [-0.05, 0) is 23.6 Å². The molecule has 0 radical (unpaired) electrons. The zero-order chi connectivity index (χ0) is 23.3. The molecule has 1 saturated heterocycles. The number of hydrogen-bond acceptors (Lipinski definition) is 6. The molecule has 2 aliphatic heterocycles. The van der Waals surface area contributed by atoms with Gasteiger partial charge in [0.1, 0.15) is 6.04 Å². The van der Waals surface area contributed by atoms with Crippen molar-refractivity contribution in [2.75, 3.05) is 13.7 Å². The molecule has 1 aromatic rings. The molecule has 4 rings (SSSR count). The monoisotopic (exact) mass is 454 g/mol. The van der Waals surface area contributed by atoms with Crippen LogP contribution in [0.25, 0.3) is 0 Å². The second-order valence-electron chi connectivity index (χ2n) is 8.91. The SMILES string of the molecule is COC1(C(F)(F)F)CC(N)(CNCc2ccc3c(c2)CN(C2CCC(=O)NC2=O)C3=O)C1. The minimum Gasteiger partial charge on any atom is -0.369 e. The van der Waals surface area contributed by atoms with Gasteiger partial charge in [-0.15, -0.1) is 0 Å². The first-order valence-corrected chi connectivity index (χ1v) is 10.3. The fourth-order valence-electron chi connectivity index (χ4n) is 4.86. The normalized spacial score (nSPS) is 30.2. The van der Waals surface area contributed by atoms with E-state index in [0.717, 1.165) is 18.2 Å². The second kappa shape index (κ2) is 7.82. The minimum absolute atomic E-state index is 0.186. The van der Waals surface area contributed by atoms with Crippen molar-refractivity contribution in [1.82, 2.24) is 15.5 Å². The molecule has 0 bridgehead atoms. The molecule has 2 fully saturated rings. The Bertz CT molecular complexity index is 959. The van der Waals surface area contributed by atoms with Crippen LogP contribution in [0, 0.1) is 0 Å². The number of hydrogen-bond donors (Lipinski definition) is 3. The maximum Gasteiger partial charge on any atom is 0.417 e. The zero-order valence-corrected chi connectivity index (χ0v) is 17.6. The number of nitrogens with one attached hydrogen (secondary N) is 2. The number of rotatable bonds is 6. The highest BCUT2D eigenvalue weighted by molar-refractivity contribution is 6.05. The Labute approximate surface area is 182 Å². The van der Waals surface area contributed by atoms with Crippen molar-refractivity contribution in [3.05, 3.63) is 34.9 Å². The number of piperidine rings is 1. The topological polar surface area (TPSA) is 114 Å². The van der Waals surface area contributed by atoms with Gasteiger partial charge < -0.3 is 20.7 Å². The van der Waals surface area contributed by atoms with Gasteiger partial charge in [-0.2, -0.15) is 13.2 Å². The van der Waals surface area contributed by atoms with E-state index in [1.54, 1.807) is 12.1 Å². The molecule has 0 aromatic heterocycles. The summed E-state index contributed by atoms with van der Waals surface area (Å²) in [6.07, 6.45) is -4.62. The van der Waals surface area contributed by atoms with Gasteiger partial charge in [-0.3, -0.25) is 19.7 Å². The summed E-state index contributed by atoms with van der Waals surface area (Å²) in [6.45, 7) is 0.814. The van der Waals surface area contributed by atoms with Crippen LogP contribution in [0.5, 0.6) is 0 Å². The molecule has 8 nitrogen and oxygen atoms in total. The number of nitrogens with two attached hydrogens (primary N) is 1. The van der Waals surface area contributed by atoms with Gasteiger partial charge in [-0.25, -0.2) is 0 Å². The number of ether oxygens (including phenoxy) is 1. The summed E-state index contributed by atoms with van der Waals surface area (Å²) >= 11 is 0. The highest BCUT2D eigenvalue weighted by Crippen LogP contribution is 2.51. The van der Waals surface area contributed by atoms with E-state index in [4.69, 9.17) is 10.5 Å². The molecule has 3 aliphatic rings. The predicted molar refractivity (Wildman–Crippen MR) is 106 cm³/mol. The van der Waals surface area contributed by atoms with Crippen LogP contribution in [0.4, 0.5) is 13.2 Å². The van der Waals surface area contributed by atoms with Crippen molar-refractivity contribution >= 4 is 17.7 Å². The van der Waals surface area contributed by atoms with Crippen molar-refractivity contribution < 1.29 is 32.3 Å². The molecule has 1 aromatic carbocycles. The third-order valence-electron chi connectivity index (χ3n) is 6.58. The van der Waals surface area contributed by atoms with E-state index in [-0.39, 0.29) is 50.6 Å². The molecule has 11 heteroatoms. The Kier molecular flexibility index (Phi) is 5.54. The Balaban J connectivity index is 1.34. The maximum atomic E-state index is 13.2. The van der Waals surface area contributed by atoms with Crippen LogP contribution < -0.4 is 16.4 Å². The highest BCUT2D eigenvalue weighted by atomic mass is 19.4. The number of fused-ring (bicyclic) bond motifs is 1. The summed E-state index contributed by atoms with van der Waals surface area (Å²) in [5.41, 5.74) is 5.01. The van der Waals surface area contributed by atoms with E-state index in [2.05, 4.69) is 10.6 Å². The first-order chi connectivity index (χ1) is 15.0. The molecule has 174 valence electrons. The average molecular weight is 454 g/mol. The number of carbonyl (C=O) groups excluding carboxylic acids is 3. The fourth-order valence-corrected chi connectivity index (χ4v) is 4.86. The van der Waals surface area contributed by atoms with Gasteiger partial charge in [0, 0.05) is 57.1 Å². The Morgan fingerprint density at radius 3 is 2.62 bits per heavy atom. The molecule has 1 atom stereocenters. The molecule has 3 amide bonds. The number of imide groups is 1. The fraction of sp³-hybridized carbons (Fsp3) is 0.571. The smallest absolute Gasteiger partial charge is 0.369 e. The standard InChI is InChI=1S/C21H25F3N4O4/c1-32-20(21(22,23)24)9-19(25,10-20)11-26-7-12-2-3-14-13(6-12)8-28(18(14)31)15-4-5-16(29)27-17(15)30/h2-3,6,15,26H,4-5,7-11,25H2,1H3,(H,27,29,30). The Morgan fingerprint density at radius 1 is 1.28 bits per heavy atom. The lowest BCUT2D eigenvalue weighted by molar-refractivity contribution is -0.311. The minimum atomic E-state index is -4.47. The lowest BCUT2D eigenvalue weighted by Gasteiger charge is -2.53. The molecule has 1 aliphatic carbocycles. The van der Waals surface area contributed by atoms with E-state index >= 15 is 0 Å². The number of methoxy groups -OCH3 is 1. The zero-order valence-electron chi connectivity index (χ0n) is 17.6. The first kappa shape index (κ1) is 22.7. The van der Waals surface area contributed by atoms with E-state index in [9.17, 15) is 27.6 Å². The van der Waals surface area contributed by atoms with Crippen LogP contribution in [0.1, 0.15) is 47.2 Å². The summed E-state index contributed by atoms with van der Waals surface area (Å²) in [5, 5.41) is 5.36. The van der Waals surface area contributed by atoms with Crippen LogP contribution >= 0.6 is 0 Å². The molecule has 32 heavy (non-hydrogen) atoms. The molecule has 1 saturated carbocycles. The molecule has 1 unspecified atom stereocenters. The maximum absolute atomic E-state index is 13.2. The molecular weight excluding hydrogens is 429 g/mol. The quantitative estimate of drug-likeness (QED) is 0.553. The molecular formula is C21H25F3N4O4. The summed E-state index contributed by atoms with van der Waals surface area (Å²) in [5.74, 6) is -1.07. The number of nitrogens with zero attached hydrogens (tertiary/aromatic N) is 1. The van der Waals surface area contributed by atoms with E-state index in [0.29, 0.717) is 12.1 Å². The van der Waals surface area contributed by atoms with E-state index < -0.39 is 29.3 Å². The summed E-state index contributed by atoms with van der Waals surface area (Å²) in [4.78, 5) is 37.7. The van der Waals surface area contributed by atoms with Crippen LogP contribution in [0.2, 0.25) is 0 Å². The van der Waals surface area contributed by atoms with Crippen LogP contribution in [0.3, 0.4) is 0 Å². The molecule has 2 heterocycles. The van der Waals surface area contributed by atoms with Crippen molar-refractivity contribution in [2.45, 2.75) is 62.1 Å². The summed E-state index contributed by atoms with van der Waals surface area (Å²) in [7, 11) is 1.05. The Hall–Kier alpha value is -2.50. The number of benzene rings is 1. The third-order valence-corrected chi connectivity index (χ3v) is 6.58. The van der Waals surface area contributed by atoms with E-state index in [1.807, 2.05) is 6.07 Å². The Morgan fingerprint density at radius 2 is 2.00 bits per heavy atom. The lowest BCUT2D eigenvalue weighted by Crippen LogP contribution is -2.71. The molecule has 0 spiro atoms. The summed E-state index contributed by atoms with van der Waals surface area (Å²) < 4.78 is 44.3. The number of halogens is 3. The predicted octanol–water partition coefficient (Wildman–Crippen LogP) is 0.976. The van der Waals surface area contributed by atoms with Crippen LogP contribution in [-0.4, -0.2) is 59.6 Å². The van der Waals surface area contributed by atoms with Crippen molar-refractivity contribution in [3.8, 4) is 0 Å². The third kappa shape index (κ3) is 3.89. The van der Waals surface area contributed by atoms with Crippen molar-refractivity contribution in [1.29, 1.82) is 0 Å². The van der Waals surface area contributed by atoms with Gasteiger partial charge >= 0.3 is 6.18 Å². The van der Waals surface area contributed by atoms with E-state index in [1.165, 1.54) is 4.90 Å². The van der Waals surface area contributed by atoms with Crippen LogP contribution in [-0.2, 0) is 27.4 Å². The summed E-state index contributed by atoms with van der Waals surface area (Å²) in [6, 6.07) is 4.60. The van der Waals surface area contributed by atoms with Crippen LogP contribution in [0.15, 0.2) is 18.2 Å². The highest BCUT2D eigenvalue weighted by Gasteiger charge is 2.67. The van der Waals surface area contributed by atoms with Gasteiger partial charge in [-0.1, -0.05) is 12.1 Å². The second-order valence-corrected chi connectivity index (χ2v) is 8.91. The lowest BCUT2D eigenvalue weighted by atomic mass is 9.64. The van der Waals surface area contributed by atoms with Gasteiger partial charge in [0.2, 0.25) is 11.8 Å². The van der Waals surface area contributed by atoms with Crippen molar-refractivity contribution in [2.24, 2.45) is 5.73 Å². The van der Waals surface area contributed by atoms with Gasteiger partial charge in [0.15, 0.2) is 5.60 Å². The number of carbonyl (C=O) groups is 3. The van der Waals surface area contributed by atoms with Gasteiger partial charge in [0.25, 0.3) is 5.91 Å². The average Bonchev–Trinajstić information content (AvgIpc) is 3.00. The molecule has 4 N–H and O–H groups in total. The number of amides is 3.